The number of hydrogen-bond donors (Lipinski definition) is 1. The molecule has 9 rings (SSSR count). The Labute approximate surface area is 334 Å². The summed E-state index contributed by atoms with van der Waals surface area (Å²) in [7, 11) is 0. The molecule has 2 heterocycles. The molecule has 0 unspecified atom stereocenters. The lowest BCUT2D eigenvalue weighted by Gasteiger charge is -2.50. The number of phenolic OH excluding ortho intramolecular Hbond substituents is 1. The van der Waals surface area contributed by atoms with Gasteiger partial charge in [0.15, 0.2) is 5.78 Å². The standard InChI is InChI=1S/C48H37ClN2O6/c1-2-11-28-14-9-19-37(43(28)53)41-35-24-25-36-40(46(56)50(44(36)54)33-22-20-30(21-23-33)42(52)29-12-5-3-6-13-29)38(35)27-39-45(55)51(34-18-10-17-32(49)26-34)47(57)48(39,41)31-15-7-4-8-16-31/h2-10,12-24,26,36,38-41,53H,1,11,25,27H2/t36-,38+,39-,40-,41+,48+/m0/s1. The molecule has 282 valence electrons. The molecule has 9 heteroatoms. The number of carbonyl (C=O) groups is 5. The Bertz CT molecular complexity index is 2530. The number of nitrogens with zero attached hydrogens (tertiary/aromatic N) is 2. The van der Waals surface area contributed by atoms with Crippen LogP contribution in [0.2, 0.25) is 5.02 Å². The van der Waals surface area contributed by atoms with Gasteiger partial charge in [0.25, 0.3) is 0 Å². The summed E-state index contributed by atoms with van der Waals surface area (Å²) in [6.45, 7) is 3.87. The number of benzene rings is 5. The molecule has 8 nitrogen and oxygen atoms in total. The van der Waals surface area contributed by atoms with Crippen molar-refractivity contribution >= 4 is 52.4 Å². The number of halogens is 1. The Balaban J connectivity index is 1.19. The molecule has 2 aliphatic heterocycles. The molecule has 1 saturated carbocycles. The van der Waals surface area contributed by atoms with Gasteiger partial charge < -0.3 is 5.11 Å². The number of para-hydroxylation sites is 1. The predicted molar refractivity (Wildman–Crippen MR) is 217 cm³/mol. The minimum atomic E-state index is -1.52. The topological polar surface area (TPSA) is 112 Å². The Morgan fingerprint density at radius 2 is 1.44 bits per heavy atom. The van der Waals surface area contributed by atoms with Crippen LogP contribution in [-0.4, -0.2) is 34.5 Å². The maximum atomic E-state index is 15.5. The molecule has 2 saturated heterocycles. The number of fused-ring (bicyclic) bond motifs is 4. The zero-order chi connectivity index (χ0) is 39.6. The Morgan fingerprint density at radius 1 is 0.754 bits per heavy atom. The molecule has 2 aliphatic carbocycles. The van der Waals surface area contributed by atoms with Gasteiger partial charge in [0, 0.05) is 27.6 Å². The van der Waals surface area contributed by atoms with Crippen molar-refractivity contribution in [3.63, 3.8) is 0 Å². The van der Waals surface area contributed by atoms with Crippen LogP contribution >= 0.6 is 11.6 Å². The van der Waals surface area contributed by atoms with Crippen molar-refractivity contribution in [1.82, 2.24) is 0 Å². The molecule has 57 heavy (non-hydrogen) atoms. The maximum Gasteiger partial charge on any atom is 0.246 e. The Hall–Kier alpha value is -6.38. The van der Waals surface area contributed by atoms with Crippen LogP contribution in [0.1, 0.15) is 51.4 Å². The second-order valence-corrected chi connectivity index (χ2v) is 15.6. The highest BCUT2D eigenvalue weighted by Crippen LogP contribution is 2.65. The predicted octanol–water partition coefficient (Wildman–Crippen LogP) is 8.37. The van der Waals surface area contributed by atoms with E-state index in [9.17, 15) is 19.5 Å². The fraction of sp³-hybridized carbons (Fsp3) is 0.188. The van der Waals surface area contributed by atoms with Gasteiger partial charge in [-0.25, -0.2) is 4.90 Å². The third kappa shape index (κ3) is 5.46. The number of imide groups is 2. The average Bonchev–Trinajstić information content (AvgIpc) is 3.63. The summed E-state index contributed by atoms with van der Waals surface area (Å²) >= 11 is 6.43. The SMILES string of the molecule is C=CCc1cccc([C@H]2C3=CC[C@@H]4C(=O)N(c5ccc(C(=O)c6ccccc6)cc5)C(=O)[C@@H]4[C@@H]3C[C@H]3C(=O)N(c4cccc(Cl)c4)C(=O)[C@@]23c2ccccc2)c1O. The van der Waals surface area contributed by atoms with Crippen LogP contribution in [0.15, 0.2) is 152 Å². The van der Waals surface area contributed by atoms with Gasteiger partial charge in [-0.05, 0) is 78.8 Å². The summed E-state index contributed by atoms with van der Waals surface area (Å²) in [6, 6.07) is 36.6. The molecule has 6 atom stereocenters. The highest BCUT2D eigenvalue weighted by atomic mass is 35.5. The number of allylic oxidation sites excluding steroid dienone is 3. The molecule has 5 aromatic rings. The van der Waals surface area contributed by atoms with Gasteiger partial charge in [-0.15, -0.1) is 6.58 Å². The van der Waals surface area contributed by atoms with Crippen LogP contribution in [0.25, 0.3) is 0 Å². The van der Waals surface area contributed by atoms with E-state index in [-0.39, 0.29) is 30.3 Å². The number of hydrogen-bond acceptors (Lipinski definition) is 6. The van der Waals surface area contributed by atoms with Crippen molar-refractivity contribution in [2.75, 3.05) is 9.80 Å². The molecule has 0 radical (unpaired) electrons. The summed E-state index contributed by atoms with van der Waals surface area (Å²) in [5.41, 5.74) is 2.52. The number of aromatic hydroxyl groups is 1. The van der Waals surface area contributed by atoms with E-state index in [1.165, 1.54) is 9.80 Å². The summed E-state index contributed by atoms with van der Waals surface area (Å²) in [5, 5.41) is 12.4. The van der Waals surface area contributed by atoms with E-state index in [1.807, 2.05) is 48.5 Å². The van der Waals surface area contributed by atoms with Crippen molar-refractivity contribution in [3.05, 3.63) is 185 Å². The van der Waals surface area contributed by atoms with Crippen LogP contribution in [0, 0.1) is 23.7 Å². The number of amides is 4. The van der Waals surface area contributed by atoms with E-state index in [1.54, 1.807) is 91.0 Å². The van der Waals surface area contributed by atoms with Crippen molar-refractivity contribution in [3.8, 4) is 5.75 Å². The third-order valence-corrected chi connectivity index (χ3v) is 12.7. The number of ketones is 1. The fourth-order valence-corrected chi connectivity index (χ4v) is 10.2. The molecule has 4 aliphatic rings. The summed E-state index contributed by atoms with van der Waals surface area (Å²) in [5.74, 6) is -5.85. The maximum absolute atomic E-state index is 15.5. The normalized spacial score (nSPS) is 25.1. The van der Waals surface area contributed by atoms with Crippen LogP contribution < -0.4 is 9.80 Å². The zero-order valence-corrected chi connectivity index (χ0v) is 31.5. The average molecular weight is 773 g/mol. The first-order chi connectivity index (χ1) is 27.7. The lowest BCUT2D eigenvalue weighted by Crippen LogP contribution is -2.53. The zero-order valence-electron chi connectivity index (χ0n) is 30.8. The third-order valence-electron chi connectivity index (χ3n) is 12.4. The lowest BCUT2D eigenvalue weighted by atomic mass is 9.49. The highest BCUT2D eigenvalue weighted by Gasteiger charge is 2.70. The molecule has 3 fully saturated rings. The quantitative estimate of drug-likeness (QED) is 0.0964. The molecule has 0 bridgehead atoms. The number of anilines is 2. The molecular weight excluding hydrogens is 736 g/mol. The summed E-state index contributed by atoms with van der Waals surface area (Å²) in [4.78, 5) is 75.2. The largest absolute Gasteiger partial charge is 0.507 e. The lowest BCUT2D eigenvalue weighted by molar-refractivity contribution is -0.127. The number of rotatable bonds is 8. The molecule has 5 aromatic carbocycles. The molecule has 4 amide bonds. The molecule has 0 aromatic heterocycles. The number of carbonyl (C=O) groups excluding carboxylic acids is 5. The smallest absolute Gasteiger partial charge is 0.246 e. The van der Waals surface area contributed by atoms with Crippen molar-refractivity contribution < 1.29 is 29.1 Å². The van der Waals surface area contributed by atoms with Crippen LogP contribution in [0.3, 0.4) is 0 Å². The van der Waals surface area contributed by atoms with E-state index >= 15 is 9.59 Å². The van der Waals surface area contributed by atoms with E-state index in [2.05, 4.69) is 6.58 Å². The number of phenols is 1. The van der Waals surface area contributed by atoms with Gasteiger partial charge in [-0.2, -0.15) is 0 Å². The first-order valence-corrected chi connectivity index (χ1v) is 19.4. The van der Waals surface area contributed by atoms with Crippen molar-refractivity contribution in [1.29, 1.82) is 0 Å². The van der Waals surface area contributed by atoms with Crippen molar-refractivity contribution in [2.45, 2.75) is 30.6 Å². The van der Waals surface area contributed by atoms with Gasteiger partial charge in [0.05, 0.1) is 34.5 Å². The van der Waals surface area contributed by atoms with E-state index < -0.39 is 52.7 Å². The molecule has 0 spiro atoms. The summed E-state index contributed by atoms with van der Waals surface area (Å²) in [6.07, 6.45) is 4.36. The van der Waals surface area contributed by atoms with Gasteiger partial charge in [0.1, 0.15) is 5.75 Å². The van der Waals surface area contributed by atoms with E-state index in [4.69, 9.17) is 11.6 Å². The van der Waals surface area contributed by atoms with E-state index in [0.717, 1.165) is 5.57 Å². The van der Waals surface area contributed by atoms with Crippen LogP contribution in [0.4, 0.5) is 11.4 Å². The van der Waals surface area contributed by atoms with Crippen molar-refractivity contribution in [2.24, 2.45) is 23.7 Å². The minimum absolute atomic E-state index is 0.0119. The van der Waals surface area contributed by atoms with E-state index in [0.29, 0.717) is 50.6 Å². The first-order valence-electron chi connectivity index (χ1n) is 19.1. The second-order valence-electron chi connectivity index (χ2n) is 15.2. The van der Waals surface area contributed by atoms with Gasteiger partial charge in [-0.1, -0.05) is 114 Å². The highest BCUT2D eigenvalue weighted by molar-refractivity contribution is 6.32. The van der Waals surface area contributed by atoms with Gasteiger partial charge in [0.2, 0.25) is 23.6 Å². The Kier molecular flexibility index (Phi) is 8.89. The van der Waals surface area contributed by atoms with Crippen LogP contribution in [0.5, 0.6) is 5.75 Å². The monoisotopic (exact) mass is 772 g/mol. The van der Waals surface area contributed by atoms with Gasteiger partial charge >= 0.3 is 0 Å². The fourth-order valence-electron chi connectivity index (χ4n) is 10.0. The minimum Gasteiger partial charge on any atom is -0.507 e. The molecular formula is C48H37ClN2O6. The second kappa shape index (κ2) is 14.0. The first kappa shape index (κ1) is 36.3. The summed E-state index contributed by atoms with van der Waals surface area (Å²) < 4.78 is 0. The Morgan fingerprint density at radius 3 is 2.14 bits per heavy atom. The van der Waals surface area contributed by atoms with Crippen LogP contribution in [-0.2, 0) is 31.0 Å². The van der Waals surface area contributed by atoms with Gasteiger partial charge in [-0.3, -0.25) is 28.9 Å². The molecule has 1 N–H and O–H groups in total.